The molecule has 0 spiro atoms. The lowest BCUT2D eigenvalue weighted by atomic mass is 10.1. The van der Waals surface area contributed by atoms with Gasteiger partial charge in [-0.25, -0.2) is 0 Å². The Morgan fingerprint density at radius 1 is 0.627 bits per heavy atom. The molecule has 4 aliphatic heterocycles. The van der Waals surface area contributed by atoms with E-state index in [-0.39, 0.29) is 23.9 Å². The monoisotopic (exact) mass is 734 g/mol. The summed E-state index contributed by atoms with van der Waals surface area (Å²) in [6.07, 6.45) is -4.32. The fourth-order valence-corrected chi connectivity index (χ4v) is 7.26. The SMILES string of the molecule is CC(C)N1CCN[C@@H](C(=O)N2CCN(c3ccc(C(F)(F)F)cc3)CC2)C1.CC(C)N1CCN[C@@H](C(=O)N2CCN(c3ccc(Cl)cc3)CC2)C1. The highest BCUT2D eigenvalue weighted by Crippen LogP contribution is 2.31. The molecule has 2 aromatic carbocycles. The first kappa shape index (κ1) is 39.1. The van der Waals surface area contributed by atoms with E-state index < -0.39 is 11.7 Å². The van der Waals surface area contributed by atoms with Gasteiger partial charge in [-0.1, -0.05) is 11.6 Å². The first-order valence-electron chi connectivity index (χ1n) is 18.3. The molecule has 10 nitrogen and oxygen atoms in total. The molecular formula is C37H54ClF3N8O2. The molecule has 0 bridgehead atoms. The molecule has 4 heterocycles. The van der Waals surface area contributed by atoms with E-state index in [2.05, 4.69) is 53.0 Å². The summed E-state index contributed by atoms with van der Waals surface area (Å²) < 4.78 is 38.1. The second-order valence-electron chi connectivity index (χ2n) is 14.3. The summed E-state index contributed by atoms with van der Waals surface area (Å²) in [6.45, 7) is 19.6. The van der Waals surface area contributed by atoms with Crippen LogP contribution in [0.5, 0.6) is 0 Å². The molecule has 0 saturated carbocycles. The minimum absolute atomic E-state index is 0.0665. The molecule has 2 aromatic rings. The van der Waals surface area contributed by atoms with Crippen LogP contribution >= 0.6 is 11.6 Å². The highest BCUT2D eigenvalue weighted by Gasteiger charge is 2.34. The third-order valence-electron chi connectivity index (χ3n) is 10.4. The van der Waals surface area contributed by atoms with E-state index in [9.17, 15) is 22.8 Å². The lowest BCUT2D eigenvalue weighted by Gasteiger charge is -2.41. The van der Waals surface area contributed by atoms with Crippen molar-refractivity contribution < 1.29 is 22.8 Å². The molecule has 4 saturated heterocycles. The van der Waals surface area contributed by atoms with Crippen molar-refractivity contribution in [2.75, 3.05) is 101 Å². The first-order valence-corrected chi connectivity index (χ1v) is 18.6. The fraction of sp³-hybridized carbons (Fsp3) is 0.622. The van der Waals surface area contributed by atoms with Crippen LogP contribution in [0.15, 0.2) is 48.5 Å². The molecule has 4 fully saturated rings. The van der Waals surface area contributed by atoms with Crippen LogP contribution in [-0.4, -0.2) is 147 Å². The number of amides is 2. The van der Waals surface area contributed by atoms with Gasteiger partial charge in [0, 0.05) is 120 Å². The van der Waals surface area contributed by atoms with E-state index in [4.69, 9.17) is 11.6 Å². The third-order valence-corrected chi connectivity index (χ3v) is 10.7. The van der Waals surface area contributed by atoms with Crippen LogP contribution in [0, 0.1) is 0 Å². The molecule has 2 amide bonds. The Labute approximate surface area is 305 Å². The maximum Gasteiger partial charge on any atom is 0.416 e. The molecule has 0 radical (unpaired) electrons. The predicted octanol–water partition coefficient (Wildman–Crippen LogP) is 3.71. The fourth-order valence-electron chi connectivity index (χ4n) is 7.14. The summed E-state index contributed by atoms with van der Waals surface area (Å²) in [6, 6.07) is 13.8. The van der Waals surface area contributed by atoms with E-state index in [1.54, 1.807) is 0 Å². The van der Waals surface area contributed by atoms with Crippen LogP contribution < -0.4 is 20.4 Å². The number of carbonyl (C=O) groups excluding carboxylic acids is 2. The number of rotatable bonds is 6. The van der Waals surface area contributed by atoms with Gasteiger partial charge in [0.1, 0.15) is 0 Å². The van der Waals surface area contributed by atoms with Crippen molar-refractivity contribution in [1.82, 2.24) is 30.2 Å². The number of alkyl halides is 3. The molecule has 0 aromatic heterocycles. The molecule has 14 heteroatoms. The number of anilines is 2. The zero-order valence-electron chi connectivity index (χ0n) is 30.3. The van der Waals surface area contributed by atoms with Crippen LogP contribution in [0.2, 0.25) is 5.02 Å². The van der Waals surface area contributed by atoms with Gasteiger partial charge in [0.05, 0.1) is 17.6 Å². The van der Waals surface area contributed by atoms with Crippen molar-refractivity contribution in [3.63, 3.8) is 0 Å². The van der Waals surface area contributed by atoms with Gasteiger partial charge in [0.2, 0.25) is 11.8 Å². The molecule has 51 heavy (non-hydrogen) atoms. The Morgan fingerprint density at radius 3 is 1.35 bits per heavy atom. The summed E-state index contributed by atoms with van der Waals surface area (Å²) in [7, 11) is 0. The number of benzene rings is 2. The van der Waals surface area contributed by atoms with Crippen molar-refractivity contribution in [2.45, 2.75) is 58.0 Å². The third kappa shape index (κ3) is 10.5. The van der Waals surface area contributed by atoms with E-state index in [1.165, 1.54) is 17.8 Å². The average Bonchev–Trinajstić information content (AvgIpc) is 3.15. The van der Waals surface area contributed by atoms with Crippen molar-refractivity contribution in [3.05, 3.63) is 59.1 Å². The van der Waals surface area contributed by atoms with Gasteiger partial charge in [0.15, 0.2) is 0 Å². The summed E-state index contributed by atoms with van der Waals surface area (Å²) in [4.78, 5) is 38.5. The standard InChI is InChI=1S/C19H27F3N4O.C18H27ClN4O/c1-14(2)26-8-7-23-17(13-26)18(27)25-11-9-24(10-12-25)16-5-3-15(4-6-16)19(20,21)22;1-14(2)23-8-7-20-17(13-23)18(24)22-11-9-21(10-12-22)16-5-3-15(19)4-6-16/h3-6,14,17,23H,7-13H2,1-2H3;3-6,14,17,20H,7-13H2,1-2H3/t2*17-/m11/s1. The first-order chi connectivity index (χ1) is 24.3. The van der Waals surface area contributed by atoms with Crippen molar-refractivity contribution in [2.24, 2.45) is 0 Å². The minimum atomic E-state index is -4.32. The zero-order chi connectivity index (χ0) is 36.7. The summed E-state index contributed by atoms with van der Waals surface area (Å²) >= 11 is 5.95. The lowest BCUT2D eigenvalue weighted by Crippen LogP contribution is -2.61. The number of halogens is 4. The number of hydrogen-bond donors (Lipinski definition) is 2. The summed E-state index contributed by atoms with van der Waals surface area (Å²) in [5.41, 5.74) is 1.29. The molecule has 0 aliphatic carbocycles. The van der Waals surface area contributed by atoms with Crippen LogP contribution in [0.4, 0.5) is 24.5 Å². The van der Waals surface area contributed by atoms with Gasteiger partial charge in [-0.3, -0.25) is 19.4 Å². The van der Waals surface area contributed by atoms with Crippen LogP contribution in [-0.2, 0) is 15.8 Å². The van der Waals surface area contributed by atoms with E-state index in [0.29, 0.717) is 38.3 Å². The van der Waals surface area contributed by atoms with Gasteiger partial charge >= 0.3 is 6.18 Å². The molecule has 0 unspecified atom stereocenters. The average molecular weight is 735 g/mol. The molecule has 2 N–H and O–H groups in total. The molecular weight excluding hydrogens is 681 g/mol. The maximum atomic E-state index is 12.8. The van der Waals surface area contributed by atoms with Gasteiger partial charge < -0.3 is 30.2 Å². The Balaban J connectivity index is 0.000000199. The zero-order valence-corrected chi connectivity index (χ0v) is 31.1. The summed E-state index contributed by atoms with van der Waals surface area (Å²) in [5, 5.41) is 7.46. The highest BCUT2D eigenvalue weighted by atomic mass is 35.5. The summed E-state index contributed by atoms with van der Waals surface area (Å²) in [5.74, 6) is 0.364. The predicted molar refractivity (Wildman–Crippen MR) is 197 cm³/mol. The Bertz CT molecular complexity index is 1410. The van der Waals surface area contributed by atoms with Gasteiger partial charge in [0.25, 0.3) is 0 Å². The number of nitrogens with one attached hydrogen (secondary N) is 2. The Kier molecular flexibility index (Phi) is 13.5. The van der Waals surface area contributed by atoms with Crippen LogP contribution in [0.25, 0.3) is 0 Å². The highest BCUT2D eigenvalue weighted by molar-refractivity contribution is 6.30. The van der Waals surface area contributed by atoms with Crippen LogP contribution in [0.1, 0.15) is 33.3 Å². The normalized spacial score (nSPS) is 22.6. The second kappa shape index (κ2) is 17.6. The Morgan fingerprint density at radius 2 is 1.00 bits per heavy atom. The molecule has 6 rings (SSSR count). The maximum absolute atomic E-state index is 12.8. The van der Waals surface area contributed by atoms with Crippen molar-refractivity contribution in [1.29, 1.82) is 0 Å². The van der Waals surface area contributed by atoms with E-state index in [0.717, 1.165) is 88.3 Å². The number of piperazine rings is 4. The van der Waals surface area contributed by atoms with Gasteiger partial charge in [-0.05, 0) is 76.2 Å². The quantitative estimate of drug-likeness (QED) is 0.466. The number of carbonyl (C=O) groups is 2. The van der Waals surface area contributed by atoms with E-state index in [1.807, 2.05) is 39.0 Å². The topological polar surface area (TPSA) is 77.6 Å². The smallest absolute Gasteiger partial charge is 0.368 e. The van der Waals surface area contributed by atoms with Crippen molar-refractivity contribution in [3.8, 4) is 0 Å². The van der Waals surface area contributed by atoms with Gasteiger partial charge in [-0.2, -0.15) is 13.2 Å². The number of hydrogen-bond acceptors (Lipinski definition) is 8. The van der Waals surface area contributed by atoms with Crippen molar-refractivity contribution >= 4 is 34.8 Å². The van der Waals surface area contributed by atoms with Gasteiger partial charge in [-0.15, -0.1) is 0 Å². The molecule has 4 aliphatic rings. The van der Waals surface area contributed by atoms with E-state index >= 15 is 0 Å². The minimum Gasteiger partial charge on any atom is -0.368 e. The van der Waals surface area contributed by atoms with Crippen LogP contribution in [0.3, 0.4) is 0 Å². The largest absolute Gasteiger partial charge is 0.416 e. The number of nitrogens with zero attached hydrogens (tertiary/aromatic N) is 6. The molecule has 282 valence electrons. The lowest BCUT2D eigenvalue weighted by molar-refractivity contribution is -0.138. The molecule has 2 atom stereocenters. The Hall–Kier alpha value is -3.10. The second-order valence-corrected chi connectivity index (χ2v) is 14.8.